The van der Waals surface area contributed by atoms with Crippen molar-refractivity contribution < 1.29 is 32.8 Å². The van der Waals surface area contributed by atoms with Gasteiger partial charge in [-0.25, -0.2) is 4.57 Å². The number of allylic oxidation sites excluding steroid dienone is 4. The van der Waals surface area contributed by atoms with Crippen molar-refractivity contribution in [2.45, 2.75) is 155 Å². The van der Waals surface area contributed by atoms with Crippen LogP contribution in [0.25, 0.3) is 0 Å². The maximum absolute atomic E-state index is 12.5. The molecule has 0 saturated heterocycles. The smallest absolute Gasteiger partial charge is 0.457 e. The van der Waals surface area contributed by atoms with Crippen molar-refractivity contribution in [3.05, 3.63) is 24.3 Å². The highest BCUT2D eigenvalue weighted by Gasteiger charge is 2.25. The van der Waals surface area contributed by atoms with Crippen molar-refractivity contribution in [3.63, 3.8) is 0 Å². The Hall–Kier alpha value is -1.02. The number of hydrogen-bond donors (Lipinski definition) is 2. The average molecular weight is 632 g/mol. The molecule has 3 N–H and O–H groups in total. The van der Waals surface area contributed by atoms with Crippen LogP contribution < -0.4 is 5.73 Å². The number of rotatable bonds is 33. The van der Waals surface area contributed by atoms with E-state index in [0.29, 0.717) is 13.0 Å². The molecule has 0 rings (SSSR count). The van der Waals surface area contributed by atoms with Crippen LogP contribution in [0.15, 0.2) is 24.3 Å². The Balaban J connectivity index is 4.15. The Bertz CT molecular complexity index is 717. The van der Waals surface area contributed by atoms with Crippen molar-refractivity contribution in [2.24, 2.45) is 5.73 Å². The molecule has 9 heteroatoms. The minimum absolute atomic E-state index is 0.0970. The quantitative estimate of drug-likeness (QED) is 0.0318. The zero-order valence-corrected chi connectivity index (χ0v) is 28.6. The van der Waals surface area contributed by atoms with Crippen molar-refractivity contribution in [2.75, 3.05) is 33.0 Å². The van der Waals surface area contributed by atoms with Crippen LogP contribution >= 0.6 is 7.82 Å². The number of nitrogens with two attached hydrogens (primary N) is 1. The van der Waals surface area contributed by atoms with Gasteiger partial charge in [0.05, 0.1) is 19.8 Å². The highest BCUT2D eigenvalue weighted by molar-refractivity contribution is 7.47. The zero-order chi connectivity index (χ0) is 31.7. The molecular weight excluding hydrogens is 565 g/mol. The Morgan fingerprint density at radius 1 is 0.698 bits per heavy atom. The predicted octanol–water partition coefficient (Wildman–Crippen LogP) is 9.35. The monoisotopic (exact) mass is 631 g/mol. The first-order chi connectivity index (χ1) is 20.9. The van der Waals surface area contributed by atoms with Crippen LogP contribution in [0.4, 0.5) is 0 Å². The second-order valence-corrected chi connectivity index (χ2v) is 12.8. The van der Waals surface area contributed by atoms with Gasteiger partial charge in [-0.15, -0.1) is 0 Å². The third kappa shape index (κ3) is 32.2. The van der Waals surface area contributed by atoms with E-state index in [1.54, 1.807) is 0 Å². The molecule has 0 aliphatic rings. The largest absolute Gasteiger partial charge is 0.472 e. The summed E-state index contributed by atoms with van der Waals surface area (Å²) in [6, 6.07) is 0. The van der Waals surface area contributed by atoms with Crippen LogP contribution in [-0.4, -0.2) is 49.9 Å². The molecule has 254 valence electrons. The molecule has 0 spiro atoms. The molecule has 0 heterocycles. The topological polar surface area (TPSA) is 117 Å². The normalized spacial score (nSPS) is 14.0. The van der Waals surface area contributed by atoms with Gasteiger partial charge in [0.2, 0.25) is 0 Å². The SMILES string of the molecule is CCCC/C=C\C/C=C\CCCCCCCC(=O)OC(COCCCCCCCCCCCC)COP(=O)(O)OCCN. The lowest BCUT2D eigenvalue weighted by Gasteiger charge is -2.20. The number of phosphoric ester groups is 1. The van der Waals surface area contributed by atoms with E-state index in [1.807, 2.05) is 0 Å². The number of carbonyl (C=O) groups is 1. The fraction of sp³-hybridized carbons (Fsp3) is 0.853. The number of esters is 1. The third-order valence-electron chi connectivity index (χ3n) is 7.12. The summed E-state index contributed by atoms with van der Waals surface area (Å²) < 4.78 is 33.1. The lowest BCUT2D eigenvalue weighted by atomic mass is 10.1. The summed E-state index contributed by atoms with van der Waals surface area (Å²) >= 11 is 0. The summed E-state index contributed by atoms with van der Waals surface area (Å²) in [7, 11) is -4.26. The fourth-order valence-electron chi connectivity index (χ4n) is 4.54. The number of ether oxygens (including phenoxy) is 2. The number of phosphoric acid groups is 1. The van der Waals surface area contributed by atoms with Crippen LogP contribution in [0.3, 0.4) is 0 Å². The second-order valence-electron chi connectivity index (χ2n) is 11.4. The Morgan fingerprint density at radius 3 is 1.88 bits per heavy atom. The van der Waals surface area contributed by atoms with E-state index in [9.17, 15) is 14.3 Å². The van der Waals surface area contributed by atoms with E-state index in [0.717, 1.165) is 57.8 Å². The maximum Gasteiger partial charge on any atom is 0.472 e. The molecule has 0 aromatic heterocycles. The minimum atomic E-state index is -4.26. The highest BCUT2D eigenvalue weighted by Crippen LogP contribution is 2.43. The summed E-state index contributed by atoms with van der Waals surface area (Å²) in [6.45, 7) is 4.84. The predicted molar refractivity (Wildman–Crippen MR) is 178 cm³/mol. The molecule has 0 amide bonds. The van der Waals surface area contributed by atoms with Crippen molar-refractivity contribution >= 4 is 13.8 Å². The summed E-state index contributed by atoms with van der Waals surface area (Å²) in [5.41, 5.74) is 5.33. The molecule has 0 saturated carbocycles. The number of carbonyl (C=O) groups excluding carboxylic acids is 1. The van der Waals surface area contributed by atoms with E-state index in [2.05, 4.69) is 38.2 Å². The van der Waals surface area contributed by atoms with E-state index < -0.39 is 13.9 Å². The summed E-state index contributed by atoms with van der Waals surface area (Å²) in [4.78, 5) is 22.3. The zero-order valence-electron chi connectivity index (χ0n) is 27.7. The summed E-state index contributed by atoms with van der Waals surface area (Å²) in [5, 5.41) is 0. The van der Waals surface area contributed by atoms with Gasteiger partial charge in [-0.2, -0.15) is 0 Å². The van der Waals surface area contributed by atoms with Gasteiger partial charge in [-0.3, -0.25) is 13.8 Å². The molecule has 2 unspecified atom stereocenters. The lowest BCUT2D eigenvalue weighted by molar-refractivity contribution is -0.154. The van der Waals surface area contributed by atoms with Crippen molar-refractivity contribution in [1.82, 2.24) is 0 Å². The van der Waals surface area contributed by atoms with Gasteiger partial charge in [0.1, 0.15) is 6.10 Å². The van der Waals surface area contributed by atoms with Crippen LogP contribution in [0.1, 0.15) is 149 Å². The first-order valence-corrected chi connectivity index (χ1v) is 18.8. The summed E-state index contributed by atoms with van der Waals surface area (Å²) in [6.07, 6.45) is 31.8. The van der Waals surface area contributed by atoms with Crippen molar-refractivity contribution in [3.8, 4) is 0 Å². The molecule has 0 aromatic carbocycles. The van der Waals surface area contributed by atoms with Gasteiger partial charge in [-0.1, -0.05) is 128 Å². The standard InChI is InChI=1S/C34H66NO7P/c1-3-5-7-9-11-13-15-16-17-18-19-21-23-25-27-34(36)42-33(32-41-43(37,38)40-30-28-35)31-39-29-26-24-22-20-14-12-10-8-6-4-2/h9,11,15-16,33H,3-8,10,12-14,17-32,35H2,1-2H3,(H,37,38)/b11-9-,16-15-. The first-order valence-electron chi connectivity index (χ1n) is 17.3. The van der Waals surface area contributed by atoms with Gasteiger partial charge in [0.15, 0.2) is 0 Å². The lowest BCUT2D eigenvalue weighted by Crippen LogP contribution is -2.28. The number of hydrogen-bond acceptors (Lipinski definition) is 7. The Labute approximate surface area is 264 Å². The van der Waals surface area contributed by atoms with Crippen LogP contribution in [-0.2, 0) is 27.9 Å². The Kier molecular flexibility index (Phi) is 31.6. The van der Waals surface area contributed by atoms with E-state index >= 15 is 0 Å². The molecule has 2 atom stereocenters. The van der Waals surface area contributed by atoms with Gasteiger partial charge >= 0.3 is 13.8 Å². The van der Waals surface area contributed by atoms with Gasteiger partial charge < -0.3 is 20.1 Å². The second kappa shape index (κ2) is 32.4. The molecule has 43 heavy (non-hydrogen) atoms. The maximum atomic E-state index is 12.5. The van der Waals surface area contributed by atoms with E-state index in [4.69, 9.17) is 24.3 Å². The number of unbranched alkanes of at least 4 members (excludes halogenated alkanes) is 16. The molecular formula is C34H66NO7P. The van der Waals surface area contributed by atoms with Gasteiger partial charge in [-0.05, 0) is 38.5 Å². The molecule has 0 aliphatic carbocycles. The third-order valence-corrected chi connectivity index (χ3v) is 8.11. The van der Waals surface area contributed by atoms with Crippen LogP contribution in [0.5, 0.6) is 0 Å². The molecule has 8 nitrogen and oxygen atoms in total. The fourth-order valence-corrected chi connectivity index (χ4v) is 5.31. The molecule has 0 aliphatic heterocycles. The molecule has 0 radical (unpaired) electrons. The molecule has 0 bridgehead atoms. The van der Waals surface area contributed by atoms with E-state index in [-0.39, 0.29) is 32.3 Å². The first kappa shape index (κ1) is 42.0. The van der Waals surface area contributed by atoms with E-state index in [1.165, 1.54) is 70.6 Å². The molecule has 0 fully saturated rings. The molecule has 0 aromatic rings. The average Bonchev–Trinajstić information content (AvgIpc) is 2.99. The Morgan fingerprint density at radius 2 is 1.26 bits per heavy atom. The van der Waals surface area contributed by atoms with Crippen molar-refractivity contribution in [1.29, 1.82) is 0 Å². The van der Waals surface area contributed by atoms with Gasteiger partial charge in [0, 0.05) is 19.6 Å². The highest BCUT2D eigenvalue weighted by atomic mass is 31.2. The van der Waals surface area contributed by atoms with Gasteiger partial charge in [0.25, 0.3) is 0 Å². The minimum Gasteiger partial charge on any atom is -0.457 e. The van der Waals surface area contributed by atoms with Crippen LogP contribution in [0.2, 0.25) is 0 Å². The van der Waals surface area contributed by atoms with Crippen LogP contribution in [0, 0.1) is 0 Å². The summed E-state index contributed by atoms with van der Waals surface area (Å²) in [5.74, 6) is -0.346.